The van der Waals surface area contributed by atoms with E-state index in [0.29, 0.717) is 10.7 Å². The molecule has 0 radical (unpaired) electrons. The molecule has 0 aliphatic carbocycles. The maximum absolute atomic E-state index is 11.3. The van der Waals surface area contributed by atoms with Gasteiger partial charge in [0.25, 0.3) is 0 Å². The van der Waals surface area contributed by atoms with Crippen LogP contribution in [0.5, 0.6) is 0 Å². The molecule has 1 unspecified atom stereocenters. The Morgan fingerprint density at radius 3 is 2.59 bits per heavy atom. The summed E-state index contributed by atoms with van der Waals surface area (Å²) >= 11 is 6.08. The van der Waals surface area contributed by atoms with Crippen molar-refractivity contribution in [2.24, 2.45) is 0 Å². The molecular weight excluding hydrogens is 300 g/mol. The number of ether oxygens (including phenoxy) is 1. The van der Waals surface area contributed by atoms with Gasteiger partial charge in [0.05, 0.1) is 13.1 Å². The number of aliphatic hydroxyl groups is 1. The summed E-state index contributed by atoms with van der Waals surface area (Å²) in [5.74, 6) is -1.53. The van der Waals surface area contributed by atoms with Crippen molar-refractivity contribution in [3.05, 3.63) is 64.4 Å². The van der Waals surface area contributed by atoms with Crippen molar-refractivity contribution in [3.8, 4) is 0 Å². The number of hydrogen-bond acceptors (Lipinski definition) is 3. The summed E-state index contributed by atoms with van der Waals surface area (Å²) in [6.07, 6.45) is 3.36. The van der Waals surface area contributed by atoms with Crippen molar-refractivity contribution in [1.82, 2.24) is 4.98 Å². The van der Waals surface area contributed by atoms with Crippen LogP contribution in [-0.4, -0.2) is 23.2 Å². The van der Waals surface area contributed by atoms with Crippen LogP contribution in [0.15, 0.2) is 42.6 Å². The fourth-order valence-corrected chi connectivity index (χ4v) is 3.82. The zero-order valence-corrected chi connectivity index (χ0v) is 12.9. The molecule has 1 spiro atoms. The molecule has 0 saturated carbocycles. The number of hydrogen-bond donors (Lipinski definition) is 2. The Balaban J connectivity index is 1.88. The summed E-state index contributed by atoms with van der Waals surface area (Å²) in [5.41, 5.74) is 1.88. The molecule has 3 N–H and O–H groups in total. The van der Waals surface area contributed by atoms with Gasteiger partial charge >= 0.3 is 0 Å². The van der Waals surface area contributed by atoms with Crippen molar-refractivity contribution < 1.29 is 15.2 Å². The molecule has 1 aromatic heterocycles. The molecule has 2 aliphatic heterocycles. The first-order valence-corrected chi connectivity index (χ1v) is 7.98. The van der Waals surface area contributed by atoms with Crippen LogP contribution in [0.25, 0.3) is 0 Å². The van der Waals surface area contributed by atoms with Gasteiger partial charge in [-0.3, -0.25) is 4.98 Å². The summed E-state index contributed by atoms with van der Waals surface area (Å²) in [4.78, 5) is 4.30. The second-order valence-electron chi connectivity index (χ2n) is 6.01. The van der Waals surface area contributed by atoms with Crippen LogP contribution in [0.1, 0.15) is 29.7 Å². The molecule has 4 nitrogen and oxygen atoms in total. The fraction of sp³-hybridized carbons (Fsp3) is 0.353. The Bertz CT molecular complexity index is 715. The van der Waals surface area contributed by atoms with Gasteiger partial charge in [-0.1, -0.05) is 35.9 Å². The molecule has 4 rings (SSSR count). The first-order valence-electron chi connectivity index (χ1n) is 7.60. The Labute approximate surface area is 134 Å². The molecule has 0 bridgehead atoms. The zero-order chi connectivity index (χ0) is 15.2. The number of nitrogens with two attached hydrogens (primary N) is 1. The van der Waals surface area contributed by atoms with E-state index in [1.54, 1.807) is 18.3 Å². The van der Waals surface area contributed by atoms with Crippen LogP contribution in [0.4, 0.5) is 0 Å². The fourth-order valence-electron chi connectivity index (χ4n) is 3.66. The highest BCUT2D eigenvalue weighted by molar-refractivity contribution is 6.30. The topological polar surface area (TPSA) is 59.0 Å². The van der Waals surface area contributed by atoms with E-state index in [0.717, 1.165) is 37.1 Å². The largest absolute Gasteiger partial charge is 0.357 e. The molecular formula is C17H18ClN2O2+. The van der Waals surface area contributed by atoms with Gasteiger partial charge in [0, 0.05) is 29.6 Å². The highest BCUT2D eigenvalue weighted by Gasteiger charge is 2.55. The molecule has 114 valence electrons. The van der Waals surface area contributed by atoms with Gasteiger partial charge in [-0.25, -0.2) is 0 Å². The van der Waals surface area contributed by atoms with Gasteiger partial charge in [-0.2, -0.15) is 0 Å². The number of rotatable bonds is 1. The highest BCUT2D eigenvalue weighted by atomic mass is 35.5. The van der Waals surface area contributed by atoms with Gasteiger partial charge in [0.1, 0.15) is 11.3 Å². The summed E-state index contributed by atoms with van der Waals surface area (Å²) in [6.45, 7) is 1.99. The molecule has 1 atom stereocenters. The molecule has 0 amide bonds. The Morgan fingerprint density at radius 2 is 1.86 bits per heavy atom. The maximum atomic E-state index is 11.3. The number of fused-ring (bicyclic) bond motifs is 2. The average molecular weight is 318 g/mol. The van der Waals surface area contributed by atoms with Crippen molar-refractivity contribution in [2.75, 3.05) is 13.1 Å². The third-order valence-electron chi connectivity index (χ3n) is 4.70. The number of quaternary nitrogens is 1. The predicted molar refractivity (Wildman–Crippen MR) is 82.3 cm³/mol. The second kappa shape index (κ2) is 5.03. The molecule has 1 fully saturated rings. The van der Waals surface area contributed by atoms with Crippen molar-refractivity contribution >= 4 is 11.6 Å². The van der Waals surface area contributed by atoms with E-state index in [1.807, 2.05) is 18.2 Å². The summed E-state index contributed by atoms with van der Waals surface area (Å²) in [5, 5.41) is 14.1. The monoisotopic (exact) mass is 317 g/mol. The smallest absolute Gasteiger partial charge is 0.238 e. The van der Waals surface area contributed by atoms with Crippen LogP contribution < -0.4 is 5.32 Å². The lowest BCUT2D eigenvalue weighted by molar-refractivity contribution is -0.670. The van der Waals surface area contributed by atoms with Crippen molar-refractivity contribution in [1.29, 1.82) is 0 Å². The number of halogens is 1. The molecule has 22 heavy (non-hydrogen) atoms. The van der Waals surface area contributed by atoms with E-state index in [2.05, 4.69) is 16.4 Å². The van der Waals surface area contributed by atoms with E-state index < -0.39 is 11.4 Å². The Hall–Kier alpha value is -1.46. The number of nitrogens with zero attached hydrogens (tertiary/aromatic N) is 1. The third kappa shape index (κ3) is 1.99. The van der Waals surface area contributed by atoms with Crippen LogP contribution in [-0.2, 0) is 16.1 Å². The quantitative estimate of drug-likeness (QED) is 0.838. The van der Waals surface area contributed by atoms with Crippen molar-refractivity contribution in [2.45, 2.75) is 24.2 Å². The average Bonchev–Trinajstić information content (AvgIpc) is 2.79. The van der Waals surface area contributed by atoms with Gasteiger partial charge in [-0.05, 0) is 17.7 Å². The van der Waals surface area contributed by atoms with Gasteiger partial charge in [0.2, 0.25) is 5.79 Å². The molecule has 5 heteroatoms. The van der Waals surface area contributed by atoms with E-state index >= 15 is 0 Å². The number of piperidine rings is 1. The third-order valence-corrected chi connectivity index (χ3v) is 4.93. The normalized spacial score (nSPS) is 26.1. The van der Waals surface area contributed by atoms with Crippen LogP contribution in [0, 0.1) is 0 Å². The maximum Gasteiger partial charge on any atom is 0.238 e. The lowest BCUT2D eigenvalue weighted by Crippen LogP contribution is -2.87. The Kier molecular flexibility index (Phi) is 3.24. The molecule has 2 aliphatic rings. The SMILES string of the molecule is OC1(c2cc(Cl)ccn2)OC2(CC[NH2+]CC2)c2ccccc21. The van der Waals surface area contributed by atoms with Gasteiger partial charge in [0.15, 0.2) is 0 Å². The molecule has 1 saturated heterocycles. The molecule has 1 aromatic carbocycles. The summed E-state index contributed by atoms with van der Waals surface area (Å²) in [6, 6.07) is 11.3. The first-order chi connectivity index (χ1) is 10.6. The van der Waals surface area contributed by atoms with E-state index in [-0.39, 0.29) is 0 Å². The molecule has 2 aromatic rings. The minimum absolute atomic E-state index is 0.426. The minimum Gasteiger partial charge on any atom is -0.357 e. The lowest BCUT2D eigenvalue weighted by Gasteiger charge is -2.34. The predicted octanol–water partition coefficient (Wildman–Crippen LogP) is 1.51. The summed E-state index contributed by atoms with van der Waals surface area (Å²) < 4.78 is 6.30. The second-order valence-corrected chi connectivity index (χ2v) is 6.45. The minimum atomic E-state index is -1.53. The first kappa shape index (κ1) is 14.2. The van der Waals surface area contributed by atoms with E-state index in [4.69, 9.17) is 16.3 Å². The van der Waals surface area contributed by atoms with E-state index in [1.165, 1.54) is 0 Å². The molecule has 3 heterocycles. The van der Waals surface area contributed by atoms with E-state index in [9.17, 15) is 5.11 Å². The van der Waals surface area contributed by atoms with Crippen LogP contribution >= 0.6 is 11.6 Å². The standard InChI is InChI=1S/C17H17ClN2O2/c18-12-5-8-20-15(11-12)17(21)14-4-2-1-3-13(14)16(22-17)6-9-19-10-7-16/h1-5,8,11,19,21H,6-7,9-10H2/p+1. The van der Waals surface area contributed by atoms with Gasteiger partial charge < -0.3 is 15.2 Å². The number of pyridine rings is 1. The van der Waals surface area contributed by atoms with Crippen LogP contribution in [0.2, 0.25) is 5.02 Å². The van der Waals surface area contributed by atoms with Crippen molar-refractivity contribution in [3.63, 3.8) is 0 Å². The highest BCUT2D eigenvalue weighted by Crippen LogP contribution is 2.52. The Morgan fingerprint density at radius 1 is 1.14 bits per heavy atom. The lowest BCUT2D eigenvalue weighted by atomic mass is 9.83. The summed E-state index contributed by atoms with van der Waals surface area (Å²) in [7, 11) is 0. The van der Waals surface area contributed by atoms with Crippen LogP contribution in [0.3, 0.4) is 0 Å². The number of benzene rings is 1. The van der Waals surface area contributed by atoms with Gasteiger partial charge in [-0.15, -0.1) is 0 Å². The zero-order valence-electron chi connectivity index (χ0n) is 12.1. The number of aromatic nitrogens is 1.